The van der Waals surface area contributed by atoms with E-state index in [1.54, 1.807) is 6.07 Å². The van der Waals surface area contributed by atoms with Gasteiger partial charge in [-0.1, -0.05) is 11.2 Å². The van der Waals surface area contributed by atoms with Crippen molar-refractivity contribution in [1.82, 2.24) is 10.1 Å². The predicted octanol–water partition coefficient (Wildman–Crippen LogP) is 1.94. The van der Waals surface area contributed by atoms with Crippen molar-refractivity contribution in [3.63, 3.8) is 0 Å². The molecular formula is C11H12N4O3. The summed E-state index contributed by atoms with van der Waals surface area (Å²) in [7, 11) is 0. The lowest BCUT2D eigenvalue weighted by atomic mass is 10.2. The third kappa shape index (κ3) is 2.82. The quantitative estimate of drug-likeness (QED) is 0.641. The summed E-state index contributed by atoms with van der Waals surface area (Å²) in [6, 6.07) is 5.05. The number of nitrogens with zero attached hydrogens (tertiary/aromatic N) is 3. The molecule has 0 bridgehead atoms. The van der Waals surface area contributed by atoms with E-state index < -0.39 is 4.92 Å². The Morgan fingerprint density at radius 2 is 2.33 bits per heavy atom. The van der Waals surface area contributed by atoms with Gasteiger partial charge in [0.25, 0.3) is 5.69 Å². The molecule has 1 heterocycles. The normalized spacial score (nSPS) is 10.3. The maximum Gasteiger partial charge on any atom is 0.292 e. The lowest BCUT2D eigenvalue weighted by Crippen LogP contribution is -2.07. The molecule has 0 saturated heterocycles. The highest BCUT2D eigenvalue weighted by atomic mass is 16.6. The molecule has 94 valence electrons. The Kier molecular flexibility index (Phi) is 3.52. The standard InChI is InChI=1S/C11H12N4O3/c1-8-2-3-9(10(6-8)15(16)17)12-5-4-11-13-7-14-18-11/h2-3,6-7,12H,4-5H2,1H3. The van der Waals surface area contributed by atoms with E-state index >= 15 is 0 Å². The van der Waals surface area contributed by atoms with E-state index in [-0.39, 0.29) is 5.69 Å². The zero-order chi connectivity index (χ0) is 13.0. The van der Waals surface area contributed by atoms with E-state index in [9.17, 15) is 10.1 Å². The van der Waals surface area contributed by atoms with Crippen LogP contribution in [0.3, 0.4) is 0 Å². The number of rotatable bonds is 5. The molecule has 1 aromatic carbocycles. The Labute approximate surface area is 103 Å². The second kappa shape index (κ2) is 5.26. The molecule has 7 nitrogen and oxygen atoms in total. The summed E-state index contributed by atoms with van der Waals surface area (Å²) in [6.45, 7) is 2.31. The molecule has 18 heavy (non-hydrogen) atoms. The minimum Gasteiger partial charge on any atom is -0.379 e. The highest BCUT2D eigenvalue weighted by Gasteiger charge is 2.13. The fraction of sp³-hybridized carbons (Fsp3) is 0.273. The minimum atomic E-state index is -0.401. The molecule has 2 rings (SSSR count). The van der Waals surface area contributed by atoms with E-state index in [2.05, 4.69) is 15.5 Å². The summed E-state index contributed by atoms with van der Waals surface area (Å²) in [5.41, 5.74) is 1.41. The smallest absolute Gasteiger partial charge is 0.292 e. The molecule has 0 aliphatic heterocycles. The fourth-order valence-electron chi connectivity index (χ4n) is 1.55. The lowest BCUT2D eigenvalue weighted by Gasteiger charge is -2.06. The maximum atomic E-state index is 10.9. The molecular weight excluding hydrogens is 236 g/mol. The number of nitro benzene ring substituents is 1. The number of nitro groups is 1. The number of aromatic nitrogens is 2. The highest BCUT2D eigenvalue weighted by molar-refractivity contribution is 5.62. The van der Waals surface area contributed by atoms with E-state index in [0.717, 1.165) is 5.56 Å². The van der Waals surface area contributed by atoms with Gasteiger partial charge in [-0.3, -0.25) is 10.1 Å². The van der Waals surface area contributed by atoms with Crippen LogP contribution in [0.5, 0.6) is 0 Å². The van der Waals surface area contributed by atoms with Crippen molar-refractivity contribution in [3.8, 4) is 0 Å². The average Bonchev–Trinajstić information content (AvgIpc) is 2.84. The summed E-state index contributed by atoms with van der Waals surface area (Å²) < 4.78 is 4.83. The first kappa shape index (κ1) is 12.0. The Balaban J connectivity index is 2.02. The van der Waals surface area contributed by atoms with Gasteiger partial charge < -0.3 is 9.84 Å². The molecule has 0 fully saturated rings. The summed E-state index contributed by atoms with van der Waals surface area (Å²) in [5, 5.41) is 17.4. The molecule has 7 heteroatoms. The molecule has 0 saturated carbocycles. The molecule has 0 atom stereocenters. The number of benzene rings is 1. The van der Waals surface area contributed by atoms with Crippen molar-refractivity contribution in [1.29, 1.82) is 0 Å². The van der Waals surface area contributed by atoms with Gasteiger partial charge in [0.05, 0.1) is 4.92 Å². The SMILES string of the molecule is Cc1ccc(NCCc2ncno2)c([N+](=O)[O-])c1. The monoisotopic (exact) mass is 248 g/mol. The van der Waals surface area contributed by atoms with E-state index in [0.29, 0.717) is 24.5 Å². The van der Waals surface area contributed by atoms with Crippen LogP contribution >= 0.6 is 0 Å². The number of aryl methyl sites for hydroxylation is 1. The molecule has 0 radical (unpaired) electrons. The molecule has 0 amide bonds. The first-order valence-corrected chi connectivity index (χ1v) is 5.41. The predicted molar refractivity (Wildman–Crippen MR) is 64.3 cm³/mol. The zero-order valence-electron chi connectivity index (χ0n) is 9.79. The Hall–Kier alpha value is -2.44. The van der Waals surface area contributed by atoms with Gasteiger partial charge in [-0.2, -0.15) is 4.98 Å². The molecule has 0 unspecified atom stereocenters. The molecule has 1 N–H and O–H groups in total. The van der Waals surface area contributed by atoms with Gasteiger partial charge in [-0.25, -0.2) is 0 Å². The average molecular weight is 248 g/mol. The van der Waals surface area contributed by atoms with Crippen LogP contribution in [0.1, 0.15) is 11.5 Å². The van der Waals surface area contributed by atoms with Gasteiger partial charge in [0.1, 0.15) is 5.69 Å². The van der Waals surface area contributed by atoms with Gasteiger partial charge >= 0.3 is 0 Å². The van der Waals surface area contributed by atoms with Gasteiger partial charge in [-0.05, 0) is 18.6 Å². The first-order chi connectivity index (χ1) is 8.66. The van der Waals surface area contributed by atoms with Crippen molar-refractivity contribution in [2.24, 2.45) is 0 Å². The molecule has 0 spiro atoms. The van der Waals surface area contributed by atoms with E-state index in [1.807, 2.05) is 13.0 Å². The zero-order valence-corrected chi connectivity index (χ0v) is 9.79. The summed E-state index contributed by atoms with van der Waals surface area (Å²) in [5.74, 6) is 0.497. The Morgan fingerprint density at radius 1 is 1.50 bits per heavy atom. The lowest BCUT2D eigenvalue weighted by molar-refractivity contribution is -0.384. The molecule has 2 aromatic rings. The largest absolute Gasteiger partial charge is 0.379 e. The van der Waals surface area contributed by atoms with Gasteiger partial charge in [0.2, 0.25) is 5.89 Å². The Bertz CT molecular complexity index is 539. The summed E-state index contributed by atoms with van der Waals surface area (Å²) in [6.07, 6.45) is 1.84. The van der Waals surface area contributed by atoms with Crippen LogP contribution in [0.25, 0.3) is 0 Å². The second-order valence-electron chi connectivity index (χ2n) is 3.79. The minimum absolute atomic E-state index is 0.0699. The third-order valence-electron chi connectivity index (χ3n) is 2.41. The first-order valence-electron chi connectivity index (χ1n) is 5.41. The molecule has 1 aromatic heterocycles. The molecule has 0 aliphatic rings. The second-order valence-corrected chi connectivity index (χ2v) is 3.79. The summed E-state index contributed by atoms with van der Waals surface area (Å²) in [4.78, 5) is 14.4. The van der Waals surface area contributed by atoms with Crippen LogP contribution in [-0.4, -0.2) is 21.6 Å². The highest BCUT2D eigenvalue weighted by Crippen LogP contribution is 2.25. The van der Waals surface area contributed by atoms with Gasteiger partial charge in [-0.15, -0.1) is 0 Å². The number of anilines is 1. The van der Waals surface area contributed by atoms with E-state index in [4.69, 9.17) is 4.52 Å². The number of hydrogen-bond donors (Lipinski definition) is 1. The number of hydrogen-bond acceptors (Lipinski definition) is 6. The van der Waals surface area contributed by atoms with E-state index in [1.165, 1.54) is 12.4 Å². The van der Waals surface area contributed by atoms with Gasteiger partial charge in [0, 0.05) is 19.0 Å². The van der Waals surface area contributed by atoms with Crippen molar-refractivity contribution >= 4 is 11.4 Å². The topological polar surface area (TPSA) is 94.1 Å². The van der Waals surface area contributed by atoms with Crippen LogP contribution in [0.4, 0.5) is 11.4 Å². The fourth-order valence-corrected chi connectivity index (χ4v) is 1.55. The number of nitrogens with one attached hydrogen (secondary N) is 1. The molecule has 0 aliphatic carbocycles. The van der Waals surface area contributed by atoms with Crippen molar-refractivity contribution in [2.45, 2.75) is 13.3 Å². The van der Waals surface area contributed by atoms with Crippen LogP contribution < -0.4 is 5.32 Å². The van der Waals surface area contributed by atoms with Crippen molar-refractivity contribution in [3.05, 3.63) is 46.1 Å². The Morgan fingerprint density at radius 3 is 3.00 bits per heavy atom. The van der Waals surface area contributed by atoms with Crippen molar-refractivity contribution < 1.29 is 9.45 Å². The van der Waals surface area contributed by atoms with Crippen LogP contribution in [-0.2, 0) is 6.42 Å². The van der Waals surface area contributed by atoms with Crippen LogP contribution in [0, 0.1) is 17.0 Å². The third-order valence-corrected chi connectivity index (χ3v) is 2.41. The van der Waals surface area contributed by atoms with Gasteiger partial charge in [0.15, 0.2) is 6.33 Å². The van der Waals surface area contributed by atoms with Crippen LogP contribution in [0.2, 0.25) is 0 Å². The van der Waals surface area contributed by atoms with Crippen LogP contribution in [0.15, 0.2) is 29.0 Å². The maximum absolute atomic E-state index is 10.9. The summed E-state index contributed by atoms with van der Waals surface area (Å²) >= 11 is 0. The van der Waals surface area contributed by atoms with Crippen molar-refractivity contribution in [2.75, 3.05) is 11.9 Å².